The topological polar surface area (TPSA) is 50.4 Å². The number of hydrogen-bond acceptors (Lipinski definition) is 3. The van der Waals surface area contributed by atoms with E-state index < -0.39 is 6.10 Å². The molecule has 1 aliphatic carbocycles. The maximum Gasteiger partial charge on any atom is 0.251 e. The van der Waals surface area contributed by atoms with Crippen LogP contribution in [0.4, 0.5) is 0 Å². The van der Waals surface area contributed by atoms with Crippen LogP contribution < -0.4 is 10.6 Å². The first-order valence-electron chi connectivity index (χ1n) is 7.65. The highest BCUT2D eigenvalue weighted by atomic mass is 16.5. The normalized spacial score (nSPS) is 20.3. The molecular formula is C18H18N2O2. The van der Waals surface area contributed by atoms with Crippen molar-refractivity contribution in [1.29, 1.82) is 0 Å². The van der Waals surface area contributed by atoms with Gasteiger partial charge in [-0.3, -0.25) is 4.79 Å². The van der Waals surface area contributed by atoms with Crippen LogP contribution in [0.5, 0.6) is 0 Å². The summed E-state index contributed by atoms with van der Waals surface area (Å²) in [5.41, 5.74) is 4.71. The van der Waals surface area contributed by atoms with Crippen LogP contribution in [0.15, 0.2) is 48.5 Å². The standard InChI is InChI=1S/C18H18N2O2/c21-18(16-11-19-9-10-22-16)20-17-14-7-3-1-5-12(14)13-6-2-4-8-15(13)17/h1-8,16-17,19H,9-11H2,(H,20,21)/t16-/m0/s1. The second-order valence-corrected chi connectivity index (χ2v) is 5.68. The van der Waals surface area contributed by atoms with Gasteiger partial charge in [-0.25, -0.2) is 0 Å². The second-order valence-electron chi connectivity index (χ2n) is 5.68. The van der Waals surface area contributed by atoms with Crippen LogP contribution in [-0.2, 0) is 9.53 Å². The molecule has 1 atom stereocenters. The highest BCUT2D eigenvalue weighted by molar-refractivity contribution is 5.85. The second kappa shape index (κ2) is 5.55. The summed E-state index contributed by atoms with van der Waals surface area (Å²) in [5.74, 6) is -0.0521. The predicted octanol–water partition coefficient (Wildman–Crippen LogP) is 1.86. The zero-order chi connectivity index (χ0) is 14.9. The summed E-state index contributed by atoms with van der Waals surface area (Å²) in [6.45, 7) is 1.96. The molecule has 1 heterocycles. The molecule has 4 nitrogen and oxygen atoms in total. The van der Waals surface area contributed by atoms with Crippen molar-refractivity contribution in [1.82, 2.24) is 10.6 Å². The molecule has 1 saturated heterocycles. The Balaban J connectivity index is 1.65. The minimum absolute atomic E-state index is 0.0521. The molecule has 2 aromatic rings. The number of hydrogen-bond donors (Lipinski definition) is 2. The molecule has 1 aliphatic heterocycles. The summed E-state index contributed by atoms with van der Waals surface area (Å²) in [6, 6.07) is 16.4. The third kappa shape index (κ3) is 2.21. The van der Waals surface area contributed by atoms with Crippen molar-refractivity contribution < 1.29 is 9.53 Å². The Hall–Kier alpha value is -2.17. The van der Waals surface area contributed by atoms with Crippen LogP contribution in [0.25, 0.3) is 11.1 Å². The summed E-state index contributed by atoms with van der Waals surface area (Å²) >= 11 is 0. The van der Waals surface area contributed by atoms with E-state index in [9.17, 15) is 4.79 Å². The SMILES string of the molecule is O=C(NC1c2ccccc2-c2ccccc21)[C@@H]1CNCCO1. The van der Waals surface area contributed by atoms with Gasteiger partial charge in [0.25, 0.3) is 5.91 Å². The van der Waals surface area contributed by atoms with Gasteiger partial charge in [0.1, 0.15) is 6.10 Å². The summed E-state index contributed by atoms with van der Waals surface area (Å²) in [4.78, 5) is 12.5. The molecule has 1 fully saturated rings. The van der Waals surface area contributed by atoms with Crippen LogP contribution >= 0.6 is 0 Å². The Labute approximate surface area is 129 Å². The summed E-state index contributed by atoms with van der Waals surface area (Å²) in [5, 5.41) is 6.35. The van der Waals surface area contributed by atoms with Crippen molar-refractivity contribution in [3.8, 4) is 11.1 Å². The third-order valence-corrected chi connectivity index (χ3v) is 4.34. The molecular weight excluding hydrogens is 276 g/mol. The molecule has 2 aliphatic rings. The van der Waals surface area contributed by atoms with E-state index in [1.807, 2.05) is 24.3 Å². The van der Waals surface area contributed by atoms with Gasteiger partial charge in [0.05, 0.1) is 12.6 Å². The molecule has 0 spiro atoms. The molecule has 4 heteroatoms. The lowest BCUT2D eigenvalue weighted by Crippen LogP contribution is -2.48. The van der Waals surface area contributed by atoms with Gasteiger partial charge in [-0.15, -0.1) is 0 Å². The van der Waals surface area contributed by atoms with Crippen LogP contribution in [0.3, 0.4) is 0 Å². The van der Waals surface area contributed by atoms with E-state index in [1.54, 1.807) is 0 Å². The smallest absolute Gasteiger partial charge is 0.251 e. The van der Waals surface area contributed by atoms with Crippen molar-refractivity contribution >= 4 is 5.91 Å². The van der Waals surface area contributed by atoms with E-state index in [1.165, 1.54) is 11.1 Å². The third-order valence-electron chi connectivity index (χ3n) is 4.34. The van der Waals surface area contributed by atoms with Crippen molar-refractivity contribution in [2.24, 2.45) is 0 Å². The number of carbonyl (C=O) groups is 1. The van der Waals surface area contributed by atoms with E-state index in [4.69, 9.17) is 4.74 Å². The summed E-state index contributed by atoms with van der Waals surface area (Å²) < 4.78 is 5.55. The minimum atomic E-state index is -0.409. The van der Waals surface area contributed by atoms with Crippen molar-refractivity contribution in [3.05, 3.63) is 59.7 Å². The average Bonchev–Trinajstić information content (AvgIpc) is 2.90. The van der Waals surface area contributed by atoms with Gasteiger partial charge in [-0.1, -0.05) is 48.5 Å². The number of morpholine rings is 1. The van der Waals surface area contributed by atoms with E-state index >= 15 is 0 Å². The van der Waals surface area contributed by atoms with Crippen LogP contribution in [0.2, 0.25) is 0 Å². The molecule has 0 unspecified atom stereocenters. The Morgan fingerprint density at radius 3 is 2.27 bits per heavy atom. The lowest BCUT2D eigenvalue weighted by atomic mass is 10.1. The van der Waals surface area contributed by atoms with E-state index in [0.29, 0.717) is 13.2 Å². The predicted molar refractivity (Wildman–Crippen MR) is 84.5 cm³/mol. The quantitative estimate of drug-likeness (QED) is 0.889. The van der Waals surface area contributed by atoms with Crippen molar-refractivity contribution in [2.75, 3.05) is 19.7 Å². The zero-order valence-electron chi connectivity index (χ0n) is 12.2. The minimum Gasteiger partial charge on any atom is -0.366 e. The Morgan fingerprint density at radius 1 is 1.05 bits per heavy atom. The van der Waals surface area contributed by atoms with Gasteiger partial charge in [0, 0.05) is 13.1 Å². The Morgan fingerprint density at radius 2 is 1.68 bits per heavy atom. The summed E-state index contributed by atoms with van der Waals surface area (Å²) in [6.07, 6.45) is -0.409. The number of amides is 1. The molecule has 1 amide bonds. The maximum atomic E-state index is 12.5. The monoisotopic (exact) mass is 294 g/mol. The van der Waals surface area contributed by atoms with E-state index in [0.717, 1.165) is 17.7 Å². The molecule has 0 aromatic heterocycles. The zero-order valence-corrected chi connectivity index (χ0v) is 12.2. The first-order valence-corrected chi connectivity index (χ1v) is 7.65. The van der Waals surface area contributed by atoms with Crippen LogP contribution in [-0.4, -0.2) is 31.7 Å². The van der Waals surface area contributed by atoms with Gasteiger partial charge in [0.2, 0.25) is 0 Å². The van der Waals surface area contributed by atoms with Gasteiger partial charge < -0.3 is 15.4 Å². The number of nitrogens with one attached hydrogen (secondary N) is 2. The number of fused-ring (bicyclic) bond motifs is 3. The highest BCUT2D eigenvalue weighted by Crippen LogP contribution is 2.42. The first-order chi connectivity index (χ1) is 10.8. The molecule has 0 bridgehead atoms. The Kier molecular flexibility index (Phi) is 3.41. The average molecular weight is 294 g/mol. The van der Waals surface area contributed by atoms with Gasteiger partial charge in [0.15, 0.2) is 0 Å². The fraction of sp³-hybridized carbons (Fsp3) is 0.278. The largest absolute Gasteiger partial charge is 0.366 e. The molecule has 4 rings (SSSR count). The molecule has 2 N–H and O–H groups in total. The van der Waals surface area contributed by atoms with Gasteiger partial charge in [-0.05, 0) is 22.3 Å². The molecule has 2 aromatic carbocycles. The number of benzene rings is 2. The number of ether oxygens (including phenoxy) is 1. The van der Waals surface area contributed by atoms with E-state index in [-0.39, 0.29) is 11.9 Å². The van der Waals surface area contributed by atoms with Crippen LogP contribution in [0.1, 0.15) is 17.2 Å². The molecule has 112 valence electrons. The molecule has 22 heavy (non-hydrogen) atoms. The fourth-order valence-electron chi connectivity index (χ4n) is 3.28. The van der Waals surface area contributed by atoms with Gasteiger partial charge >= 0.3 is 0 Å². The number of carbonyl (C=O) groups excluding carboxylic acids is 1. The Bertz CT molecular complexity index is 662. The first kappa shape index (κ1) is 13.5. The lowest BCUT2D eigenvalue weighted by molar-refractivity contribution is -0.134. The van der Waals surface area contributed by atoms with Crippen molar-refractivity contribution in [3.63, 3.8) is 0 Å². The molecule has 0 saturated carbocycles. The number of rotatable bonds is 2. The van der Waals surface area contributed by atoms with Crippen molar-refractivity contribution in [2.45, 2.75) is 12.1 Å². The lowest BCUT2D eigenvalue weighted by Gasteiger charge is -2.25. The van der Waals surface area contributed by atoms with E-state index in [2.05, 4.69) is 34.9 Å². The van der Waals surface area contributed by atoms with Crippen LogP contribution in [0, 0.1) is 0 Å². The molecule has 0 radical (unpaired) electrons. The maximum absolute atomic E-state index is 12.5. The summed E-state index contributed by atoms with van der Waals surface area (Å²) in [7, 11) is 0. The highest BCUT2D eigenvalue weighted by Gasteiger charge is 2.31. The fourth-order valence-corrected chi connectivity index (χ4v) is 3.28. The van der Waals surface area contributed by atoms with Gasteiger partial charge in [-0.2, -0.15) is 0 Å².